The lowest BCUT2D eigenvalue weighted by Gasteiger charge is -2.37. The summed E-state index contributed by atoms with van der Waals surface area (Å²) in [5.41, 5.74) is -2.21. The Balaban J connectivity index is 2.82. The maximum Gasteiger partial charge on any atom is 0.352 e. The fourth-order valence-corrected chi connectivity index (χ4v) is 1.52. The third kappa shape index (κ3) is 1.72. The Morgan fingerprint density at radius 1 is 1.50 bits per heavy atom. The van der Waals surface area contributed by atoms with Crippen LogP contribution in [-0.4, -0.2) is 42.7 Å². The first-order valence-corrected chi connectivity index (χ1v) is 4.47. The fraction of sp³-hybridized carbons (Fsp3) is 0.875. The number of carbonyl (C=O) groups excluding carboxylic acids is 1. The van der Waals surface area contributed by atoms with Gasteiger partial charge in [0.15, 0.2) is 0 Å². The van der Waals surface area contributed by atoms with Gasteiger partial charge in [-0.05, 0) is 25.9 Å². The molecule has 0 aromatic heterocycles. The summed E-state index contributed by atoms with van der Waals surface area (Å²) in [5, 5.41) is 14.4. The van der Waals surface area contributed by atoms with E-state index in [1.807, 2.05) is 5.32 Å². The number of rotatable bonds is 2. The van der Waals surface area contributed by atoms with Gasteiger partial charge in [-0.1, -0.05) is 0 Å². The zero-order chi connectivity index (χ0) is 10.8. The van der Waals surface area contributed by atoms with Gasteiger partial charge in [0.1, 0.15) is 5.60 Å². The van der Waals surface area contributed by atoms with Crippen molar-refractivity contribution < 1.29 is 18.7 Å². The van der Waals surface area contributed by atoms with Gasteiger partial charge in [0, 0.05) is 7.05 Å². The van der Waals surface area contributed by atoms with Gasteiger partial charge in [0.05, 0.1) is 0 Å². The predicted octanol–water partition coefficient (Wildman–Crippen LogP) is -0.518. The van der Waals surface area contributed by atoms with E-state index >= 15 is 0 Å². The van der Waals surface area contributed by atoms with Crippen LogP contribution in [0.1, 0.15) is 12.8 Å². The van der Waals surface area contributed by atoms with Crippen LogP contribution in [0.15, 0.2) is 0 Å². The number of aliphatic hydroxyl groups is 1. The minimum Gasteiger partial charge on any atom is -0.383 e. The van der Waals surface area contributed by atoms with Gasteiger partial charge in [-0.3, -0.25) is 4.79 Å². The molecule has 0 aliphatic carbocycles. The van der Waals surface area contributed by atoms with Gasteiger partial charge in [0.2, 0.25) is 0 Å². The van der Waals surface area contributed by atoms with Crippen molar-refractivity contribution in [2.75, 3.05) is 20.1 Å². The molecule has 1 aliphatic rings. The minimum atomic E-state index is -3.72. The summed E-state index contributed by atoms with van der Waals surface area (Å²) in [6.45, 7) is 0.589. The van der Waals surface area contributed by atoms with Crippen molar-refractivity contribution >= 4 is 5.91 Å². The molecule has 82 valence electrons. The summed E-state index contributed by atoms with van der Waals surface area (Å²) in [5.74, 6) is -5.15. The number of hydrogen-bond donors (Lipinski definition) is 3. The van der Waals surface area contributed by atoms with Crippen LogP contribution < -0.4 is 10.6 Å². The van der Waals surface area contributed by atoms with Crippen LogP contribution in [0, 0.1) is 0 Å². The van der Waals surface area contributed by atoms with Crippen molar-refractivity contribution in [3.63, 3.8) is 0 Å². The van der Waals surface area contributed by atoms with Gasteiger partial charge >= 0.3 is 5.92 Å². The second-order valence-electron chi connectivity index (χ2n) is 3.44. The van der Waals surface area contributed by atoms with Crippen LogP contribution >= 0.6 is 0 Å². The Morgan fingerprint density at radius 2 is 2.00 bits per heavy atom. The van der Waals surface area contributed by atoms with Crippen LogP contribution in [0.25, 0.3) is 0 Å². The molecule has 0 bridgehead atoms. The summed E-state index contributed by atoms with van der Waals surface area (Å²) in [4.78, 5) is 10.9. The molecular weight excluding hydrogens is 194 g/mol. The van der Waals surface area contributed by atoms with Crippen molar-refractivity contribution in [3.05, 3.63) is 0 Å². The number of nitrogens with one attached hydrogen (secondary N) is 2. The van der Waals surface area contributed by atoms with Gasteiger partial charge in [-0.25, -0.2) is 0 Å². The Kier molecular flexibility index (Phi) is 3.06. The molecule has 1 fully saturated rings. The van der Waals surface area contributed by atoms with Gasteiger partial charge in [0.25, 0.3) is 5.91 Å². The molecule has 14 heavy (non-hydrogen) atoms. The van der Waals surface area contributed by atoms with E-state index in [1.165, 1.54) is 0 Å². The van der Waals surface area contributed by atoms with Crippen LogP contribution in [-0.2, 0) is 4.79 Å². The molecule has 1 aliphatic heterocycles. The quantitative estimate of drug-likeness (QED) is 0.572. The normalized spacial score (nSPS) is 21.7. The van der Waals surface area contributed by atoms with E-state index in [9.17, 15) is 18.7 Å². The molecule has 1 saturated heterocycles. The lowest BCUT2D eigenvalue weighted by Crippen LogP contribution is -2.60. The number of halogens is 2. The first-order valence-electron chi connectivity index (χ1n) is 4.47. The average Bonchev–Trinajstić information content (AvgIpc) is 2.17. The summed E-state index contributed by atoms with van der Waals surface area (Å²) in [6.07, 6.45) is -0.235. The van der Waals surface area contributed by atoms with E-state index in [4.69, 9.17) is 0 Å². The van der Waals surface area contributed by atoms with Gasteiger partial charge in [-0.2, -0.15) is 8.78 Å². The van der Waals surface area contributed by atoms with Crippen molar-refractivity contribution in [1.29, 1.82) is 0 Å². The number of hydrogen-bond acceptors (Lipinski definition) is 3. The largest absolute Gasteiger partial charge is 0.383 e. The van der Waals surface area contributed by atoms with Crippen molar-refractivity contribution in [2.24, 2.45) is 0 Å². The molecule has 0 radical (unpaired) electrons. The zero-order valence-corrected chi connectivity index (χ0v) is 7.94. The maximum absolute atomic E-state index is 13.4. The molecule has 1 amide bonds. The van der Waals surface area contributed by atoms with Crippen molar-refractivity contribution in [3.8, 4) is 0 Å². The number of carbonyl (C=O) groups is 1. The second-order valence-corrected chi connectivity index (χ2v) is 3.44. The van der Waals surface area contributed by atoms with Crippen LogP contribution in [0.3, 0.4) is 0 Å². The Labute approximate surface area is 80.7 Å². The lowest BCUT2D eigenvalue weighted by atomic mass is 9.85. The molecule has 0 aromatic rings. The highest BCUT2D eigenvalue weighted by atomic mass is 19.3. The Bertz CT molecular complexity index is 227. The topological polar surface area (TPSA) is 61.4 Å². The van der Waals surface area contributed by atoms with E-state index in [1.54, 1.807) is 0 Å². The first-order chi connectivity index (χ1) is 6.44. The fourth-order valence-electron chi connectivity index (χ4n) is 1.52. The summed E-state index contributed by atoms with van der Waals surface area (Å²) in [6, 6.07) is 0. The minimum absolute atomic E-state index is 0.118. The average molecular weight is 208 g/mol. The summed E-state index contributed by atoms with van der Waals surface area (Å²) < 4.78 is 26.8. The molecule has 6 heteroatoms. The number of piperidine rings is 1. The van der Waals surface area contributed by atoms with Gasteiger partial charge in [-0.15, -0.1) is 0 Å². The van der Waals surface area contributed by atoms with Crippen LogP contribution in [0.4, 0.5) is 8.78 Å². The molecule has 4 nitrogen and oxygen atoms in total. The van der Waals surface area contributed by atoms with E-state index < -0.39 is 17.4 Å². The predicted molar refractivity (Wildman–Crippen MR) is 46.1 cm³/mol. The molecule has 0 unspecified atom stereocenters. The molecule has 0 saturated carbocycles. The zero-order valence-electron chi connectivity index (χ0n) is 7.94. The van der Waals surface area contributed by atoms with Crippen LogP contribution in [0.2, 0.25) is 0 Å². The molecule has 0 atom stereocenters. The molecule has 1 heterocycles. The third-order valence-electron chi connectivity index (χ3n) is 2.53. The first kappa shape index (κ1) is 11.3. The Hall–Kier alpha value is -0.750. The van der Waals surface area contributed by atoms with E-state index in [-0.39, 0.29) is 12.8 Å². The highest BCUT2D eigenvalue weighted by Crippen LogP contribution is 2.35. The van der Waals surface area contributed by atoms with E-state index in [2.05, 4.69) is 5.32 Å². The third-order valence-corrected chi connectivity index (χ3v) is 2.53. The summed E-state index contributed by atoms with van der Waals surface area (Å²) in [7, 11) is 1.13. The maximum atomic E-state index is 13.4. The standard InChI is InChI=1S/C8H14F2N2O2/c1-11-6(13)8(9,10)7(14)2-4-12-5-3-7/h12,14H,2-5H2,1H3,(H,11,13). The van der Waals surface area contributed by atoms with E-state index in [0.29, 0.717) is 13.1 Å². The van der Waals surface area contributed by atoms with Crippen molar-refractivity contribution in [2.45, 2.75) is 24.4 Å². The lowest BCUT2D eigenvalue weighted by molar-refractivity contribution is -0.199. The summed E-state index contributed by atoms with van der Waals surface area (Å²) >= 11 is 0. The molecular formula is C8H14F2N2O2. The monoisotopic (exact) mass is 208 g/mol. The van der Waals surface area contributed by atoms with Crippen molar-refractivity contribution in [1.82, 2.24) is 10.6 Å². The van der Waals surface area contributed by atoms with Crippen LogP contribution in [0.5, 0.6) is 0 Å². The SMILES string of the molecule is CNC(=O)C(F)(F)C1(O)CCNCC1. The molecule has 0 spiro atoms. The molecule has 0 aromatic carbocycles. The smallest absolute Gasteiger partial charge is 0.352 e. The second kappa shape index (κ2) is 3.78. The highest BCUT2D eigenvalue weighted by molar-refractivity contribution is 5.84. The van der Waals surface area contributed by atoms with E-state index in [0.717, 1.165) is 7.05 Å². The number of amides is 1. The highest BCUT2D eigenvalue weighted by Gasteiger charge is 2.57. The number of alkyl halides is 2. The Morgan fingerprint density at radius 3 is 2.43 bits per heavy atom. The molecule has 3 N–H and O–H groups in total. The molecule has 1 rings (SSSR count). The van der Waals surface area contributed by atoms with Gasteiger partial charge < -0.3 is 15.7 Å².